The molecule has 7 heteroatoms. The summed E-state index contributed by atoms with van der Waals surface area (Å²) >= 11 is 5.32. The van der Waals surface area contributed by atoms with E-state index in [1.54, 1.807) is 0 Å². The van der Waals surface area contributed by atoms with Gasteiger partial charge in [-0.05, 0) is 36.0 Å². The number of hydrogen-bond acceptors (Lipinski definition) is 3. The molecule has 0 radical (unpaired) electrons. The van der Waals surface area contributed by atoms with Crippen LogP contribution >= 0.6 is 12.2 Å². The van der Waals surface area contributed by atoms with Crippen molar-refractivity contribution in [1.29, 1.82) is 0 Å². The maximum absolute atomic E-state index is 12.3. The monoisotopic (exact) mass is 390 g/mol. The van der Waals surface area contributed by atoms with E-state index in [4.69, 9.17) is 12.2 Å². The molecule has 1 fully saturated rings. The van der Waals surface area contributed by atoms with Gasteiger partial charge in [0.05, 0.1) is 12.5 Å². The summed E-state index contributed by atoms with van der Waals surface area (Å²) in [5.41, 5.74) is 6.29. The van der Waals surface area contributed by atoms with Crippen LogP contribution in [0.2, 0.25) is 0 Å². The van der Waals surface area contributed by atoms with Gasteiger partial charge in [0.15, 0.2) is 5.11 Å². The SMILES string of the molecule is CC(=O)N[C@@H](CC(=O)NNC(=S)N[C@@H]1CCC[C@@H](C)[C@H]1C)c1ccccc1. The van der Waals surface area contributed by atoms with E-state index in [9.17, 15) is 9.59 Å². The highest BCUT2D eigenvalue weighted by atomic mass is 32.1. The van der Waals surface area contributed by atoms with E-state index in [2.05, 4.69) is 35.3 Å². The zero-order valence-electron chi connectivity index (χ0n) is 16.2. The first-order valence-corrected chi connectivity index (χ1v) is 9.95. The van der Waals surface area contributed by atoms with Crippen LogP contribution in [0.25, 0.3) is 0 Å². The summed E-state index contributed by atoms with van der Waals surface area (Å²) in [5, 5.41) is 6.54. The van der Waals surface area contributed by atoms with Gasteiger partial charge in [0.1, 0.15) is 0 Å². The second-order valence-corrected chi connectivity index (χ2v) is 7.80. The van der Waals surface area contributed by atoms with Gasteiger partial charge in [-0.3, -0.25) is 20.4 Å². The third kappa shape index (κ3) is 6.82. The lowest BCUT2D eigenvalue weighted by Gasteiger charge is -2.35. The molecule has 0 spiro atoms. The molecule has 0 aromatic heterocycles. The summed E-state index contributed by atoms with van der Waals surface area (Å²) in [7, 11) is 0. The number of hydrazine groups is 1. The third-order valence-corrected chi connectivity index (χ3v) is 5.53. The molecule has 6 nitrogen and oxygen atoms in total. The first-order chi connectivity index (χ1) is 12.9. The van der Waals surface area contributed by atoms with Crippen molar-refractivity contribution in [3.8, 4) is 0 Å². The molecule has 1 aliphatic carbocycles. The Morgan fingerprint density at radius 3 is 2.52 bits per heavy atom. The molecule has 148 valence electrons. The van der Waals surface area contributed by atoms with E-state index in [1.807, 2.05) is 30.3 Å². The molecule has 4 atom stereocenters. The van der Waals surface area contributed by atoms with Gasteiger partial charge in [-0.2, -0.15) is 0 Å². The van der Waals surface area contributed by atoms with Crippen molar-refractivity contribution >= 4 is 29.1 Å². The van der Waals surface area contributed by atoms with E-state index in [1.165, 1.54) is 19.8 Å². The number of rotatable bonds is 5. The summed E-state index contributed by atoms with van der Waals surface area (Å²) in [6.07, 6.45) is 3.64. The quantitative estimate of drug-likeness (QED) is 0.459. The van der Waals surface area contributed by atoms with Crippen LogP contribution in [0.1, 0.15) is 58.1 Å². The van der Waals surface area contributed by atoms with Crippen LogP contribution in [0.4, 0.5) is 0 Å². The van der Waals surface area contributed by atoms with Crippen LogP contribution in [0.15, 0.2) is 30.3 Å². The average Bonchev–Trinajstić information content (AvgIpc) is 2.64. The molecule has 0 heterocycles. The van der Waals surface area contributed by atoms with Crippen molar-refractivity contribution in [1.82, 2.24) is 21.5 Å². The zero-order chi connectivity index (χ0) is 19.8. The van der Waals surface area contributed by atoms with Gasteiger partial charge in [0.25, 0.3) is 0 Å². The highest BCUT2D eigenvalue weighted by Crippen LogP contribution is 2.29. The number of carbonyl (C=O) groups is 2. The van der Waals surface area contributed by atoms with Crippen molar-refractivity contribution in [2.24, 2.45) is 11.8 Å². The number of amides is 2. The highest BCUT2D eigenvalue weighted by molar-refractivity contribution is 7.80. The van der Waals surface area contributed by atoms with Gasteiger partial charge >= 0.3 is 0 Å². The minimum atomic E-state index is -0.383. The summed E-state index contributed by atoms with van der Waals surface area (Å²) < 4.78 is 0. The van der Waals surface area contributed by atoms with E-state index >= 15 is 0 Å². The van der Waals surface area contributed by atoms with Crippen LogP contribution in [-0.4, -0.2) is 23.0 Å². The first kappa shape index (κ1) is 21.2. The topological polar surface area (TPSA) is 82.3 Å². The van der Waals surface area contributed by atoms with Gasteiger partial charge in [-0.1, -0.05) is 57.0 Å². The van der Waals surface area contributed by atoms with Crippen molar-refractivity contribution in [3.05, 3.63) is 35.9 Å². The van der Waals surface area contributed by atoms with Gasteiger partial charge < -0.3 is 10.6 Å². The summed E-state index contributed by atoms with van der Waals surface area (Å²) in [6.45, 7) is 5.94. The molecule has 0 bridgehead atoms. The van der Waals surface area contributed by atoms with E-state index in [-0.39, 0.29) is 24.3 Å². The lowest BCUT2D eigenvalue weighted by atomic mass is 9.78. The molecule has 1 aromatic rings. The van der Waals surface area contributed by atoms with Crippen LogP contribution in [0.5, 0.6) is 0 Å². The normalized spacial score (nSPS) is 23.0. The van der Waals surface area contributed by atoms with Crippen molar-refractivity contribution < 1.29 is 9.59 Å². The number of benzene rings is 1. The van der Waals surface area contributed by atoms with E-state index < -0.39 is 0 Å². The number of nitrogens with one attached hydrogen (secondary N) is 4. The van der Waals surface area contributed by atoms with Crippen LogP contribution < -0.4 is 21.5 Å². The fourth-order valence-electron chi connectivity index (χ4n) is 3.54. The van der Waals surface area contributed by atoms with Crippen molar-refractivity contribution in [2.45, 2.75) is 58.5 Å². The van der Waals surface area contributed by atoms with Crippen molar-refractivity contribution in [3.63, 3.8) is 0 Å². The van der Waals surface area contributed by atoms with Gasteiger partial charge in [0.2, 0.25) is 11.8 Å². The summed E-state index contributed by atoms with van der Waals surface area (Å²) in [5.74, 6) is 0.781. The minimum Gasteiger partial charge on any atom is -0.358 e. The molecule has 0 unspecified atom stereocenters. The largest absolute Gasteiger partial charge is 0.358 e. The maximum atomic E-state index is 12.3. The van der Waals surface area contributed by atoms with E-state index in [0.717, 1.165) is 12.0 Å². The standard InChI is InChI=1S/C20H30N4O2S/c1-13-8-7-11-17(14(13)2)22-20(27)24-23-19(26)12-18(21-15(3)25)16-9-5-4-6-10-16/h4-6,9-10,13-14,17-18H,7-8,11-12H2,1-3H3,(H,21,25)(H,23,26)(H2,22,24,27)/t13-,14-,17-,18+/m1/s1. The lowest BCUT2D eigenvalue weighted by molar-refractivity contribution is -0.123. The molecule has 1 aromatic carbocycles. The Bertz CT molecular complexity index is 653. The second kappa shape index (κ2) is 10.3. The molecule has 27 heavy (non-hydrogen) atoms. The second-order valence-electron chi connectivity index (χ2n) is 7.39. The maximum Gasteiger partial charge on any atom is 0.240 e. The van der Waals surface area contributed by atoms with Gasteiger partial charge in [-0.15, -0.1) is 0 Å². The van der Waals surface area contributed by atoms with Crippen LogP contribution in [0.3, 0.4) is 0 Å². The Hall–Kier alpha value is -2.15. The molecule has 2 amide bonds. The molecule has 0 saturated heterocycles. The predicted octanol–water partition coefficient (Wildman–Crippen LogP) is 2.57. The molecule has 0 aliphatic heterocycles. The minimum absolute atomic E-state index is 0.121. The van der Waals surface area contributed by atoms with Crippen LogP contribution in [-0.2, 0) is 9.59 Å². The summed E-state index contributed by atoms with van der Waals surface area (Å²) in [4.78, 5) is 23.8. The Balaban J connectivity index is 1.83. The molecule has 1 saturated carbocycles. The smallest absolute Gasteiger partial charge is 0.240 e. The molecular formula is C20H30N4O2S. The van der Waals surface area contributed by atoms with Crippen LogP contribution in [0, 0.1) is 11.8 Å². The zero-order valence-corrected chi connectivity index (χ0v) is 17.1. The van der Waals surface area contributed by atoms with Gasteiger partial charge in [0, 0.05) is 13.0 Å². The third-order valence-electron chi connectivity index (χ3n) is 5.31. The van der Waals surface area contributed by atoms with E-state index in [0.29, 0.717) is 23.0 Å². The summed E-state index contributed by atoms with van der Waals surface area (Å²) in [6, 6.07) is 9.37. The fourth-order valence-corrected chi connectivity index (χ4v) is 3.74. The Morgan fingerprint density at radius 1 is 1.15 bits per heavy atom. The molecule has 4 N–H and O–H groups in total. The molecule has 2 rings (SSSR count). The highest BCUT2D eigenvalue weighted by Gasteiger charge is 2.27. The number of carbonyl (C=O) groups excluding carboxylic acids is 2. The number of hydrogen-bond donors (Lipinski definition) is 4. The van der Waals surface area contributed by atoms with Crippen molar-refractivity contribution in [2.75, 3.05) is 0 Å². The first-order valence-electron chi connectivity index (χ1n) is 9.54. The Kier molecular flexibility index (Phi) is 8.03. The Morgan fingerprint density at radius 2 is 1.85 bits per heavy atom. The van der Waals surface area contributed by atoms with Gasteiger partial charge in [-0.25, -0.2) is 0 Å². The predicted molar refractivity (Wildman–Crippen MR) is 111 cm³/mol. The molecule has 1 aliphatic rings. The number of thiocarbonyl (C=S) groups is 1. The average molecular weight is 391 g/mol. The molecular weight excluding hydrogens is 360 g/mol. The fraction of sp³-hybridized carbons (Fsp3) is 0.550. The lowest BCUT2D eigenvalue weighted by Crippen LogP contribution is -2.52. The Labute approximate surface area is 166 Å².